The van der Waals surface area contributed by atoms with E-state index in [-0.39, 0.29) is 5.60 Å². The van der Waals surface area contributed by atoms with Crippen molar-refractivity contribution < 1.29 is 14.6 Å². The molecule has 3 rings (SSSR count). The maximum absolute atomic E-state index is 10.1. The minimum atomic E-state index is -0.434. The minimum Gasteiger partial charge on any atom is -0.497 e. The lowest BCUT2D eigenvalue weighted by Crippen LogP contribution is -2.64. The largest absolute Gasteiger partial charge is 0.497 e. The Morgan fingerprint density at radius 2 is 2.31 bits per heavy atom. The van der Waals surface area contributed by atoms with E-state index >= 15 is 0 Å². The number of hydrogen-bond acceptors (Lipinski definition) is 4. The summed E-state index contributed by atoms with van der Waals surface area (Å²) in [6.07, 6.45) is 0.232. The average Bonchev–Trinajstić information content (AvgIpc) is 2.26. The lowest BCUT2D eigenvalue weighted by Gasteiger charge is -2.47. The molecule has 16 heavy (non-hydrogen) atoms. The van der Waals surface area contributed by atoms with Crippen LogP contribution in [0.2, 0.25) is 0 Å². The number of methoxy groups -OCH3 is 1. The van der Waals surface area contributed by atoms with Crippen LogP contribution in [0.1, 0.15) is 18.1 Å². The molecular formula is C12H15NO3. The fraction of sp³-hybridized carbons (Fsp3) is 0.500. The van der Waals surface area contributed by atoms with Gasteiger partial charge >= 0.3 is 0 Å². The maximum atomic E-state index is 10.1. The Morgan fingerprint density at radius 1 is 1.50 bits per heavy atom. The highest BCUT2D eigenvalue weighted by molar-refractivity contribution is 5.44. The van der Waals surface area contributed by atoms with Gasteiger partial charge in [-0.15, -0.1) is 0 Å². The molecule has 4 nitrogen and oxygen atoms in total. The molecule has 2 N–H and O–H groups in total. The number of ether oxygens (including phenoxy) is 2. The van der Waals surface area contributed by atoms with Gasteiger partial charge in [0.05, 0.1) is 13.2 Å². The summed E-state index contributed by atoms with van der Waals surface area (Å²) in [5, 5.41) is 13.3. The van der Waals surface area contributed by atoms with Crippen LogP contribution in [0.4, 0.5) is 0 Å². The van der Waals surface area contributed by atoms with Gasteiger partial charge in [-0.25, -0.2) is 0 Å². The summed E-state index contributed by atoms with van der Waals surface area (Å²) in [5.74, 6) is 1.51. The van der Waals surface area contributed by atoms with Crippen LogP contribution in [-0.4, -0.2) is 30.9 Å². The van der Waals surface area contributed by atoms with Crippen LogP contribution in [0.25, 0.3) is 0 Å². The molecule has 1 saturated heterocycles. The molecule has 0 saturated carbocycles. The van der Waals surface area contributed by atoms with Crippen molar-refractivity contribution in [3.8, 4) is 11.5 Å². The molecule has 1 unspecified atom stereocenters. The monoisotopic (exact) mass is 221 g/mol. The van der Waals surface area contributed by atoms with Crippen LogP contribution in [0.3, 0.4) is 0 Å². The normalized spacial score (nSPS) is 25.5. The second-order valence-electron chi connectivity index (χ2n) is 4.51. The zero-order chi connectivity index (χ0) is 11.2. The molecule has 0 amide bonds. The van der Waals surface area contributed by atoms with Gasteiger partial charge in [-0.1, -0.05) is 0 Å². The molecule has 0 radical (unpaired) electrons. The Hall–Kier alpha value is -1.26. The molecule has 0 aliphatic carbocycles. The predicted octanol–water partition coefficient (Wildman–Crippen LogP) is 0.853. The predicted molar refractivity (Wildman–Crippen MR) is 58.8 cm³/mol. The summed E-state index contributed by atoms with van der Waals surface area (Å²) in [7, 11) is 1.63. The topological polar surface area (TPSA) is 50.7 Å². The van der Waals surface area contributed by atoms with Gasteiger partial charge in [0.15, 0.2) is 0 Å². The smallest absolute Gasteiger partial charge is 0.136 e. The van der Waals surface area contributed by atoms with Gasteiger partial charge in [0.1, 0.15) is 17.1 Å². The highest BCUT2D eigenvalue weighted by Crippen LogP contribution is 2.42. The molecule has 1 spiro atoms. The van der Waals surface area contributed by atoms with Crippen molar-refractivity contribution in [2.45, 2.75) is 18.1 Å². The van der Waals surface area contributed by atoms with Gasteiger partial charge in [-0.2, -0.15) is 0 Å². The van der Waals surface area contributed by atoms with Crippen LogP contribution in [-0.2, 0) is 0 Å². The second-order valence-corrected chi connectivity index (χ2v) is 4.51. The Morgan fingerprint density at radius 3 is 2.94 bits per heavy atom. The van der Waals surface area contributed by atoms with Crippen molar-refractivity contribution in [1.29, 1.82) is 0 Å². The first kappa shape index (κ1) is 9.93. The van der Waals surface area contributed by atoms with Gasteiger partial charge < -0.3 is 19.9 Å². The summed E-state index contributed by atoms with van der Waals surface area (Å²) >= 11 is 0. The van der Waals surface area contributed by atoms with Gasteiger partial charge in [-0.05, 0) is 12.1 Å². The summed E-state index contributed by atoms with van der Waals surface area (Å²) in [4.78, 5) is 0. The van der Waals surface area contributed by atoms with E-state index in [2.05, 4.69) is 5.32 Å². The van der Waals surface area contributed by atoms with Gasteiger partial charge in [-0.3, -0.25) is 0 Å². The van der Waals surface area contributed by atoms with E-state index in [4.69, 9.17) is 9.47 Å². The molecule has 1 atom stereocenters. The van der Waals surface area contributed by atoms with Crippen LogP contribution >= 0.6 is 0 Å². The summed E-state index contributed by atoms with van der Waals surface area (Å²) in [6, 6.07) is 5.57. The van der Waals surface area contributed by atoms with Crippen molar-refractivity contribution in [1.82, 2.24) is 5.32 Å². The number of nitrogens with one attached hydrogen (secondary N) is 1. The summed E-state index contributed by atoms with van der Waals surface area (Å²) < 4.78 is 11.1. The van der Waals surface area contributed by atoms with Gasteiger partial charge in [0.2, 0.25) is 0 Å². The first-order chi connectivity index (χ1) is 7.72. The van der Waals surface area contributed by atoms with E-state index in [9.17, 15) is 5.11 Å². The van der Waals surface area contributed by atoms with Crippen molar-refractivity contribution >= 4 is 0 Å². The Bertz CT molecular complexity index is 415. The van der Waals surface area contributed by atoms with E-state index in [1.165, 1.54) is 0 Å². The van der Waals surface area contributed by atoms with E-state index in [0.717, 1.165) is 30.2 Å². The number of benzene rings is 1. The maximum Gasteiger partial charge on any atom is 0.136 e. The van der Waals surface area contributed by atoms with Crippen LogP contribution in [0.5, 0.6) is 11.5 Å². The lowest BCUT2D eigenvalue weighted by molar-refractivity contribution is -0.0483. The molecule has 86 valence electrons. The quantitative estimate of drug-likeness (QED) is 0.738. The third kappa shape index (κ3) is 1.37. The number of hydrogen-bond donors (Lipinski definition) is 2. The molecular weight excluding hydrogens is 206 g/mol. The SMILES string of the molecule is COc1ccc2c(c1)OC1(CNC1)CC2O. The van der Waals surface area contributed by atoms with Crippen molar-refractivity contribution in [3.05, 3.63) is 23.8 Å². The fourth-order valence-corrected chi connectivity index (χ4v) is 2.36. The molecule has 4 heteroatoms. The third-order valence-electron chi connectivity index (χ3n) is 3.37. The molecule has 1 fully saturated rings. The minimum absolute atomic E-state index is 0.210. The third-order valence-corrected chi connectivity index (χ3v) is 3.37. The van der Waals surface area contributed by atoms with E-state index in [1.807, 2.05) is 18.2 Å². The molecule has 0 aromatic heterocycles. The van der Waals surface area contributed by atoms with Gasteiger partial charge in [0, 0.05) is 31.1 Å². The molecule has 1 aromatic rings. The van der Waals surface area contributed by atoms with Crippen LogP contribution in [0, 0.1) is 0 Å². The highest BCUT2D eigenvalue weighted by Gasteiger charge is 2.45. The van der Waals surface area contributed by atoms with Crippen LogP contribution in [0.15, 0.2) is 18.2 Å². The summed E-state index contributed by atoms with van der Waals surface area (Å²) in [5.41, 5.74) is 0.650. The first-order valence-corrected chi connectivity index (χ1v) is 5.48. The number of aliphatic hydroxyl groups excluding tert-OH is 1. The van der Waals surface area contributed by atoms with Crippen molar-refractivity contribution in [2.24, 2.45) is 0 Å². The molecule has 2 aliphatic heterocycles. The zero-order valence-electron chi connectivity index (χ0n) is 9.19. The molecule has 0 bridgehead atoms. The molecule has 1 aromatic carbocycles. The number of rotatable bonds is 1. The molecule has 2 aliphatic rings. The Labute approximate surface area is 94.2 Å². The van der Waals surface area contributed by atoms with E-state index < -0.39 is 6.10 Å². The van der Waals surface area contributed by atoms with E-state index in [1.54, 1.807) is 7.11 Å². The zero-order valence-corrected chi connectivity index (χ0v) is 9.19. The second kappa shape index (κ2) is 3.37. The standard InChI is InChI=1S/C12H15NO3/c1-15-8-2-3-9-10(14)5-12(6-13-7-12)16-11(9)4-8/h2-4,10,13-14H,5-7H2,1H3. The highest BCUT2D eigenvalue weighted by atomic mass is 16.5. The number of fused-ring (bicyclic) bond motifs is 1. The fourth-order valence-electron chi connectivity index (χ4n) is 2.36. The lowest BCUT2D eigenvalue weighted by atomic mass is 9.84. The Kier molecular flexibility index (Phi) is 2.09. The first-order valence-electron chi connectivity index (χ1n) is 5.48. The average molecular weight is 221 g/mol. The van der Waals surface area contributed by atoms with E-state index in [0.29, 0.717) is 6.42 Å². The Balaban J connectivity index is 1.98. The number of aliphatic hydroxyl groups is 1. The molecule has 2 heterocycles. The summed E-state index contributed by atoms with van der Waals surface area (Å²) in [6.45, 7) is 1.61. The van der Waals surface area contributed by atoms with Crippen molar-refractivity contribution in [2.75, 3.05) is 20.2 Å². The van der Waals surface area contributed by atoms with Gasteiger partial charge in [0.25, 0.3) is 0 Å². The van der Waals surface area contributed by atoms with Crippen LogP contribution < -0.4 is 14.8 Å². The van der Waals surface area contributed by atoms with Crippen molar-refractivity contribution in [3.63, 3.8) is 0 Å².